The summed E-state index contributed by atoms with van der Waals surface area (Å²) in [7, 11) is 0. The summed E-state index contributed by atoms with van der Waals surface area (Å²) in [4.78, 5) is 0. The van der Waals surface area contributed by atoms with E-state index in [9.17, 15) is 0 Å². The van der Waals surface area contributed by atoms with E-state index >= 15 is 0 Å². The van der Waals surface area contributed by atoms with Crippen LogP contribution in [0.2, 0.25) is 5.02 Å². The van der Waals surface area contributed by atoms with Gasteiger partial charge in [0.05, 0.1) is 9.72 Å². The molecule has 2 aromatic rings. The largest absolute Gasteiger partial charge is 0.398 e. The summed E-state index contributed by atoms with van der Waals surface area (Å²) < 4.78 is 1.09. The molecule has 0 radical (unpaired) electrons. The van der Waals surface area contributed by atoms with Crippen molar-refractivity contribution in [3.8, 4) is 0 Å². The molecule has 0 fully saturated rings. The molecule has 1 aromatic carbocycles. The molecule has 3 heteroatoms. The van der Waals surface area contributed by atoms with E-state index in [4.69, 9.17) is 17.3 Å². The van der Waals surface area contributed by atoms with Crippen LogP contribution in [-0.4, -0.2) is 0 Å². The standard InChI is InChI=1S/C9H8ClNS/c1-5-4-7(11)6-2-3-12-9(6)8(5)10/h2-4H,11H2,1H3. The minimum atomic E-state index is 0.813. The normalized spacial score (nSPS) is 10.8. The van der Waals surface area contributed by atoms with Crippen LogP contribution in [0.4, 0.5) is 5.69 Å². The Morgan fingerprint density at radius 2 is 2.25 bits per heavy atom. The van der Waals surface area contributed by atoms with Gasteiger partial charge in [0.2, 0.25) is 0 Å². The highest BCUT2D eigenvalue weighted by Gasteiger charge is 2.06. The molecule has 1 nitrogen and oxygen atoms in total. The highest BCUT2D eigenvalue weighted by atomic mass is 35.5. The maximum Gasteiger partial charge on any atom is 0.0614 e. The number of fused-ring (bicyclic) bond motifs is 1. The van der Waals surface area contributed by atoms with Crippen LogP contribution < -0.4 is 5.73 Å². The summed E-state index contributed by atoms with van der Waals surface area (Å²) in [6, 6.07) is 3.91. The lowest BCUT2D eigenvalue weighted by atomic mass is 10.1. The Kier molecular flexibility index (Phi) is 1.74. The number of benzene rings is 1. The van der Waals surface area contributed by atoms with E-state index in [-0.39, 0.29) is 0 Å². The lowest BCUT2D eigenvalue weighted by molar-refractivity contribution is 1.51. The molecule has 2 N–H and O–H groups in total. The number of nitrogen functional groups attached to an aromatic ring is 1. The van der Waals surface area contributed by atoms with Gasteiger partial charge in [-0.15, -0.1) is 11.3 Å². The number of anilines is 1. The highest BCUT2D eigenvalue weighted by Crippen LogP contribution is 2.34. The first-order valence-corrected chi connectivity index (χ1v) is 4.87. The summed E-state index contributed by atoms with van der Waals surface area (Å²) in [6.07, 6.45) is 0. The summed E-state index contributed by atoms with van der Waals surface area (Å²) in [5.74, 6) is 0. The molecule has 0 saturated carbocycles. The third-order valence-electron chi connectivity index (χ3n) is 1.89. The van der Waals surface area contributed by atoms with Gasteiger partial charge in [-0.1, -0.05) is 11.6 Å². The second-order valence-corrected chi connectivity index (χ2v) is 4.05. The average Bonchev–Trinajstić information content (AvgIpc) is 2.48. The fourth-order valence-electron chi connectivity index (χ4n) is 1.26. The molecule has 0 amide bonds. The van der Waals surface area contributed by atoms with Gasteiger partial charge in [0, 0.05) is 11.1 Å². The summed E-state index contributed by atoms with van der Waals surface area (Å²) in [5.41, 5.74) is 7.68. The van der Waals surface area contributed by atoms with Crippen molar-refractivity contribution in [1.82, 2.24) is 0 Å². The first kappa shape index (κ1) is 7.90. The van der Waals surface area contributed by atoms with Gasteiger partial charge < -0.3 is 5.73 Å². The fraction of sp³-hybridized carbons (Fsp3) is 0.111. The molecule has 0 aliphatic heterocycles. The molecule has 0 atom stereocenters. The predicted octanol–water partition coefficient (Wildman–Crippen LogP) is 3.45. The molecule has 0 bridgehead atoms. The van der Waals surface area contributed by atoms with Crippen LogP contribution in [-0.2, 0) is 0 Å². The van der Waals surface area contributed by atoms with E-state index in [1.54, 1.807) is 11.3 Å². The van der Waals surface area contributed by atoms with Crippen LogP contribution in [0.1, 0.15) is 5.56 Å². The van der Waals surface area contributed by atoms with Crippen molar-refractivity contribution in [2.45, 2.75) is 6.92 Å². The van der Waals surface area contributed by atoms with Gasteiger partial charge in [-0.2, -0.15) is 0 Å². The Labute approximate surface area is 79.8 Å². The lowest BCUT2D eigenvalue weighted by Crippen LogP contribution is -1.86. The van der Waals surface area contributed by atoms with E-state index in [0.29, 0.717) is 0 Å². The summed E-state index contributed by atoms with van der Waals surface area (Å²) in [6.45, 7) is 1.97. The number of hydrogen-bond donors (Lipinski definition) is 1. The van der Waals surface area contributed by atoms with Gasteiger partial charge in [0.1, 0.15) is 0 Å². The molecule has 0 unspecified atom stereocenters. The topological polar surface area (TPSA) is 26.0 Å². The van der Waals surface area contributed by atoms with Crippen molar-refractivity contribution in [3.05, 3.63) is 28.1 Å². The van der Waals surface area contributed by atoms with Gasteiger partial charge >= 0.3 is 0 Å². The Hall–Kier alpha value is -0.730. The second kappa shape index (κ2) is 2.64. The van der Waals surface area contributed by atoms with Crippen molar-refractivity contribution in [2.75, 3.05) is 5.73 Å². The molecule has 12 heavy (non-hydrogen) atoms. The molecule has 0 aliphatic carbocycles. The van der Waals surface area contributed by atoms with Crippen LogP contribution in [0.25, 0.3) is 10.1 Å². The highest BCUT2D eigenvalue weighted by molar-refractivity contribution is 7.18. The zero-order chi connectivity index (χ0) is 8.72. The van der Waals surface area contributed by atoms with Crippen molar-refractivity contribution < 1.29 is 0 Å². The Bertz CT molecular complexity index is 433. The number of thiophene rings is 1. The van der Waals surface area contributed by atoms with Crippen molar-refractivity contribution in [2.24, 2.45) is 0 Å². The minimum absolute atomic E-state index is 0.813. The smallest absolute Gasteiger partial charge is 0.0614 e. The Balaban J connectivity index is 2.97. The maximum atomic E-state index is 6.09. The molecule has 62 valence electrons. The zero-order valence-electron chi connectivity index (χ0n) is 6.60. The van der Waals surface area contributed by atoms with Gasteiger partial charge in [0.15, 0.2) is 0 Å². The first-order valence-electron chi connectivity index (χ1n) is 3.62. The molecule has 2 rings (SSSR count). The van der Waals surface area contributed by atoms with Crippen LogP contribution in [0.5, 0.6) is 0 Å². The first-order chi connectivity index (χ1) is 5.70. The lowest BCUT2D eigenvalue weighted by Gasteiger charge is -2.01. The molecule has 1 aromatic heterocycles. The van der Waals surface area contributed by atoms with Crippen LogP contribution in [0.3, 0.4) is 0 Å². The number of aryl methyl sites for hydroxylation is 1. The zero-order valence-corrected chi connectivity index (χ0v) is 8.17. The SMILES string of the molecule is Cc1cc(N)c2ccsc2c1Cl. The van der Waals surface area contributed by atoms with Crippen LogP contribution >= 0.6 is 22.9 Å². The number of hydrogen-bond acceptors (Lipinski definition) is 2. The van der Waals surface area contributed by atoms with Gasteiger partial charge in [-0.25, -0.2) is 0 Å². The fourth-order valence-corrected chi connectivity index (χ4v) is 2.47. The second-order valence-electron chi connectivity index (χ2n) is 2.76. The van der Waals surface area contributed by atoms with E-state index in [0.717, 1.165) is 26.4 Å². The Morgan fingerprint density at radius 1 is 1.50 bits per heavy atom. The molecular formula is C9H8ClNS. The van der Waals surface area contributed by atoms with Crippen LogP contribution in [0, 0.1) is 6.92 Å². The van der Waals surface area contributed by atoms with Crippen molar-refractivity contribution >= 4 is 38.7 Å². The van der Waals surface area contributed by atoms with Crippen LogP contribution in [0.15, 0.2) is 17.5 Å². The monoisotopic (exact) mass is 197 g/mol. The van der Waals surface area contributed by atoms with Gasteiger partial charge in [0.25, 0.3) is 0 Å². The third-order valence-corrected chi connectivity index (χ3v) is 3.42. The van der Waals surface area contributed by atoms with Crippen molar-refractivity contribution in [1.29, 1.82) is 0 Å². The molecule has 0 aliphatic rings. The molecule has 0 saturated heterocycles. The number of rotatable bonds is 0. The molecule has 0 spiro atoms. The van der Waals surface area contributed by atoms with E-state index in [1.807, 2.05) is 24.4 Å². The van der Waals surface area contributed by atoms with Gasteiger partial charge in [-0.05, 0) is 30.0 Å². The third kappa shape index (κ3) is 0.993. The average molecular weight is 198 g/mol. The number of nitrogens with two attached hydrogens (primary N) is 1. The molecule has 1 heterocycles. The summed E-state index contributed by atoms with van der Waals surface area (Å²) >= 11 is 7.72. The minimum Gasteiger partial charge on any atom is -0.398 e. The Morgan fingerprint density at radius 3 is 3.00 bits per heavy atom. The van der Waals surface area contributed by atoms with E-state index < -0.39 is 0 Å². The van der Waals surface area contributed by atoms with E-state index in [1.165, 1.54) is 0 Å². The van der Waals surface area contributed by atoms with Gasteiger partial charge in [-0.3, -0.25) is 0 Å². The molecular weight excluding hydrogens is 190 g/mol. The summed E-state index contributed by atoms with van der Waals surface area (Å²) in [5, 5.41) is 3.90. The maximum absolute atomic E-state index is 6.09. The quantitative estimate of drug-likeness (QED) is 0.644. The number of halogens is 1. The van der Waals surface area contributed by atoms with Crippen molar-refractivity contribution in [3.63, 3.8) is 0 Å². The predicted molar refractivity (Wildman–Crippen MR) is 56.0 cm³/mol. The van der Waals surface area contributed by atoms with E-state index in [2.05, 4.69) is 0 Å².